The first-order valence-corrected chi connectivity index (χ1v) is 12.5. The molecule has 0 saturated heterocycles. The minimum atomic E-state index is -0.705. The maximum Gasteiger partial charge on any atom is 0.283 e. The van der Waals surface area contributed by atoms with E-state index in [0.29, 0.717) is 28.4 Å². The normalized spacial score (nSPS) is 13.2. The standard InChI is InChI=1S/C29H28ClN3O6/c1-16(2)39-20-10-8-19(9-11-20)31-27(34)18-7-6-17(3)22(14-18)32-26-25(30)28(35)33(29(26)36)23-13-12-21(37-4)15-24(23)38-5/h6-16,32H,1-5H3,(H,31,34). The number of aryl methyl sites for hydroxylation is 1. The number of rotatable bonds is 9. The molecule has 10 heteroatoms. The zero-order chi connectivity index (χ0) is 28.3. The number of methoxy groups -OCH3 is 2. The summed E-state index contributed by atoms with van der Waals surface area (Å²) in [5.74, 6) is -0.255. The molecule has 1 aliphatic rings. The third-order valence-electron chi connectivity index (χ3n) is 5.90. The first kappa shape index (κ1) is 27.5. The van der Waals surface area contributed by atoms with Gasteiger partial charge in [0.05, 0.1) is 26.0 Å². The van der Waals surface area contributed by atoms with Crippen LogP contribution in [0.3, 0.4) is 0 Å². The van der Waals surface area contributed by atoms with E-state index in [2.05, 4.69) is 10.6 Å². The second kappa shape index (κ2) is 11.5. The van der Waals surface area contributed by atoms with Gasteiger partial charge in [0.25, 0.3) is 17.7 Å². The van der Waals surface area contributed by atoms with E-state index >= 15 is 0 Å². The van der Waals surface area contributed by atoms with Crippen molar-refractivity contribution < 1.29 is 28.6 Å². The molecule has 0 atom stereocenters. The molecule has 1 aliphatic heterocycles. The Morgan fingerprint density at radius 1 is 0.897 bits per heavy atom. The van der Waals surface area contributed by atoms with Crippen molar-refractivity contribution in [1.29, 1.82) is 0 Å². The third kappa shape index (κ3) is 5.83. The highest BCUT2D eigenvalue weighted by molar-refractivity contribution is 6.53. The maximum absolute atomic E-state index is 13.3. The Kier molecular flexibility index (Phi) is 8.11. The van der Waals surface area contributed by atoms with Crippen molar-refractivity contribution in [2.45, 2.75) is 26.9 Å². The highest BCUT2D eigenvalue weighted by Crippen LogP contribution is 2.38. The van der Waals surface area contributed by atoms with Gasteiger partial charge in [0.15, 0.2) is 0 Å². The van der Waals surface area contributed by atoms with Crippen molar-refractivity contribution in [3.63, 3.8) is 0 Å². The number of hydrogen-bond acceptors (Lipinski definition) is 7. The summed E-state index contributed by atoms with van der Waals surface area (Å²) in [6, 6.07) is 16.7. The molecule has 4 rings (SSSR count). The number of hydrogen-bond donors (Lipinski definition) is 2. The molecule has 3 aromatic carbocycles. The van der Waals surface area contributed by atoms with Crippen molar-refractivity contribution in [2.24, 2.45) is 0 Å². The lowest BCUT2D eigenvalue weighted by Gasteiger charge is -2.19. The molecule has 3 amide bonds. The molecule has 2 N–H and O–H groups in total. The highest BCUT2D eigenvalue weighted by Gasteiger charge is 2.40. The van der Waals surface area contributed by atoms with Crippen LogP contribution in [0.5, 0.6) is 17.2 Å². The molecule has 3 aromatic rings. The smallest absolute Gasteiger partial charge is 0.283 e. The fourth-order valence-corrected chi connectivity index (χ4v) is 4.14. The number of carbonyl (C=O) groups is 3. The number of carbonyl (C=O) groups excluding carboxylic acids is 3. The van der Waals surface area contributed by atoms with E-state index in [4.69, 9.17) is 25.8 Å². The number of anilines is 3. The maximum atomic E-state index is 13.3. The topological polar surface area (TPSA) is 106 Å². The Balaban J connectivity index is 1.55. The first-order chi connectivity index (χ1) is 18.6. The molecule has 0 aromatic heterocycles. The fourth-order valence-electron chi connectivity index (χ4n) is 3.92. The van der Waals surface area contributed by atoms with E-state index in [1.807, 2.05) is 13.8 Å². The van der Waals surface area contributed by atoms with Crippen LogP contribution >= 0.6 is 11.6 Å². The summed E-state index contributed by atoms with van der Waals surface area (Å²) in [6.07, 6.45) is 0.0416. The number of halogens is 1. The van der Waals surface area contributed by atoms with Crippen LogP contribution in [-0.2, 0) is 9.59 Å². The zero-order valence-corrected chi connectivity index (χ0v) is 22.9. The van der Waals surface area contributed by atoms with Crippen LogP contribution in [-0.4, -0.2) is 38.0 Å². The quantitative estimate of drug-likeness (QED) is 0.340. The molecule has 202 valence electrons. The molecule has 0 saturated carbocycles. The number of imide groups is 1. The van der Waals surface area contributed by atoms with Crippen LogP contribution in [0, 0.1) is 6.92 Å². The van der Waals surface area contributed by atoms with Crippen LogP contribution < -0.4 is 29.7 Å². The first-order valence-electron chi connectivity index (χ1n) is 12.1. The Labute approximate surface area is 231 Å². The van der Waals surface area contributed by atoms with Gasteiger partial charge in [-0.2, -0.15) is 0 Å². The molecular formula is C29H28ClN3O6. The van der Waals surface area contributed by atoms with E-state index in [0.717, 1.165) is 10.5 Å². The lowest BCUT2D eigenvalue weighted by molar-refractivity contribution is -0.120. The van der Waals surface area contributed by atoms with E-state index in [-0.39, 0.29) is 34.2 Å². The van der Waals surface area contributed by atoms with Crippen LogP contribution in [0.15, 0.2) is 71.4 Å². The lowest BCUT2D eigenvalue weighted by atomic mass is 10.1. The molecule has 0 unspecified atom stereocenters. The van der Waals surface area contributed by atoms with Crippen molar-refractivity contribution in [2.75, 3.05) is 29.8 Å². The summed E-state index contributed by atoms with van der Waals surface area (Å²) in [4.78, 5) is 40.2. The van der Waals surface area contributed by atoms with Gasteiger partial charge in [0.1, 0.15) is 28.0 Å². The van der Waals surface area contributed by atoms with Crippen molar-refractivity contribution in [3.05, 3.63) is 82.5 Å². The van der Waals surface area contributed by atoms with Gasteiger partial charge in [-0.15, -0.1) is 0 Å². The minimum absolute atomic E-state index is 0.0416. The molecule has 0 bridgehead atoms. The van der Waals surface area contributed by atoms with Gasteiger partial charge >= 0.3 is 0 Å². The molecule has 0 radical (unpaired) electrons. The van der Waals surface area contributed by atoms with Crippen molar-refractivity contribution in [1.82, 2.24) is 0 Å². The predicted octanol–water partition coefficient (Wildman–Crippen LogP) is 5.49. The van der Waals surface area contributed by atoms with E-state index in [9.17, 15) is 14.4 Å². The van der Waals surface area contributed by atoms with Gasteiger partial charge in [-0.3, -0.25) is 14.4 Å². The zero-order valence-electron chi connectivity index (χ0n) is 22.1. The van der Waals surface area contributed by atoms with Crippen LogP contribution in [0.4, 0.5) is 17.1 Å². The van der Waals surface area contributed by atoms with Gasteiger partial charge in [0.2, 0.25) is 0 Å². The summed E-state index contributed by atoms with van der Waals surface area (Å²) >= 11 is 6.33. The SMILES string of the molecule is COc1ccc(N2C(=O)C(Cl)=C(Nc3cc(C(=O)Nc4ccc(OC(C)C)cc4)ccc3C)C2=O)c(OC)c1. The van der Waals surface area contributed by atoms with Crippen LogP contribution in [0.1, 0.15) is 29.8 Å². The van der Waals surface area contributed by atoms with E-state index in [1.54, 1.807) is 61.5 Å². The van der Waals surface area contributed by atoms with Crippen LogP contribution in [0.25, 0.3) is 0 Å². The second-order valence-corrected chi connectivity index (χ2v) is 9.35. The van der Waals surface area contributed by atoms with Crippen LogP contribution in [0.2, 0.25) is 0 Å². The molecule has 1 heterocycles. The minimum Gasteiger partial charge on any atom is -0.497 e. The summed E-state index contributed by atoms with van der Waals surface area (Å²) in [7, 11) is 2.92. The predicted molar refractivity (Wildman–Crippen MR) is 150 cm³/mol. The summed E-state index contributed by atoms with van der Waals surface area (Å²) in [5.41, 5.74) is 2.23. The summed E-state index contributed by atoms with van der Waals surface area (Å²) < 4.78 is 16.2. The molecule has 0 fully saturated rings. The summed E-state index contributed by atoms with van der Waals surface area (Å²) in [5, 5.41) is 5.52. The molecule has 0 aliphatic carbocycles. The van der Waals surface area contributed by atoms with Crippen molar-refractivity contribution >= 4 is 46.4 Å². The van der Waals surface area contributed by atoms with E-state index < -0.39 is 11.8 Å². The largest absolute Gasteiger partial charge is 0.497 e. The number of amides is 3. The van der Waals surface area contributed by atoms with Gasteiger partial charge in [0, 0.05) is 23.0 Å². The molecular weight excluding hydrogens is 522 g/mol. The number of benzene rings is 3. The Bertz CT molecular complexity index is 1470. The van der Waals surface area contributed by atoms with Gasteiger partial charge in [-0.25, -0.2) is 4.90 Å². The van der Waals surface area contributed by atoms with Gasteiger partial charge < -0.3 is 24.8 Å². The third-order valence-corrected chi connectivity index (χ3v) is 6.25. The van der Waals surface area contributed by atoms with Gasteiger partial charge in [-0.1, -0.05) is 17.7 Å². The Morgan fingerprint density at radius 3 is 2.23 bits per heavy atom. The average molecular weight is 550 g/mol. The Hall–Kier alpha value is -4.50. The molecule has 0 spiro atoms. The Morgan fingerprint density at radius 2 is 1.59 bits per heavy atom. The average Bonchev–Trinajstić information content (AvgIpc) is 3.12. The highest BCUT2D eigenvalue weighted by atomic mass is 35.5. The fraction of sp³-hybridized carbons (Fsp3) is 0.207. The number of nitrogens with one attached hydrogen (secondary N) is 2. The van der Waals surface area contributed by atoms with Crippen molar-refractivity contribution in [3.8, 4) is 17.2 Å². The number of ether oxygens (including phenoxy) is 3. The monoisotopic (exact) mass is 549 g/mol. The summed E-state index contributed by atoms with van der Waals surface area (Å²) in [6.45, 7) is 5.67. The molecule has 9 nitrogen and oxygen atoms in total. The number of nitrogens with zero attached hydrogens (tertiary/aromatic N) is 1. The lowest BCUT2D eigenvalue weighted by Crippen LogP contribution is -2.32. The van der Waals surface area contributed by atoms with Gasteiger partial charge in [-0.05, 0) is 74.9 Å². The van der Waals surface area contributed by atoms with E-state index in [1.165, 1.54) is 20.3 Å². The molecule has 39 heavy (non-hydrogen) atoms. The second-order valence-electron chi connectivity index (χ2n) is 8.97.